The van der Waals surface area contributed by atoms with Crippen molar-refractivity contribution in [2.45, 2.75) is 26.9 Å². The largest absolute Gasteiger partial charge is 0.493 e. The van der Waals surface area contributed by atoms with Crippen LogP contribution in [0.5, 0.6) is 11.5 Å². The standard InChI is InChI=1S/C26H34N4O5S.2ClH/c1-26(2,15-30(3)4)14-27-12-16-7-8-20-17(9-16)10-21(29-20)18-11-22(34-5)24(35-36(6,32)33)19-13-28-25(31)23(18)19;;/h7-11,27,29H,12-15H2,1-6H3,(H,28,31);2*1H. The first-order valence-corrected chi connectivity index (χ1v) is 13.6. The summed E-state index contributed by atoms with van der Waals surface area (Å²) in [5.74, 6) is -0.00166. The van der Waals surface area contributed by atoms with E-state index in [1.54, 1.807) is 6.07 Å². The van der Waals surface area contributed by atoms with E-state index in [1.807, 2.05) is 12.1 Å². The molecule has 1 aliphatic heterocycles. The number of amides is 1. The van der Waals surface area contributed by atoms with Crippen LogP contribution in [0, 0.1) is 5.41 Å². The van der Waals surface area contributed by atoms with E-state index < -0.39 is 10.1 Å². The zero-order valence-electron chi connectivity index (χ0n) is 22.4. The van der Waals surface area contributed by atoms with Gasteiger partial charge in [-0.3, -0.25) is 4.79 Å². The van der Waals surface area contributed by atoms with Crippen molar-refractivity contribution in [3.8, 4) is 22.8 Å². The molecule has 0 radical (unpaired) electrons. The molecule has 1 aromatic heterocycles. The van der Waals surface area contributed by atoms with Crippen LogP contribution in [-0.2, 0) is 23.2 Å². The van der Waals surface area contributed by atoms with Crippen LogP contribution in [0.3, 0.4) is 0 Å². The van der Waals surface area contributed by atoms with Crippen molar-refractivity contribution < 1.29 is 22.1 Å². The Bertz CT molecular complexity index is 1420. The van der Waals surface area contributed by atoms with Gasteiger partial charge < -0.3 is 29.4 Å². The number of aromatic amines is 1. The van der Waals surface area contributed by atoms with Crippen molar-refractivity contribution in [1.29, 1.82) is 0 Å². The molecule has 0 spiro atoms. The molecule has 4 rings (SSSR count). The smallest absolute Gasteiger partial charge is 0.306 e. The lowest BCUT2D eigenvalue weighted by Gasteiger charge is -2.28. The minimum atomic E-state index is -3.81. The molecule has 3 aromatic rings. The Morgan fingerprint density at radius 2 is 1.84 bits per heavy atom. The van der Waals surface area contributed by atoms with E-state index in [0.717, 1.165) is 48.1 Å². The summed E-state index contributed by atoms with van der Waals surface area (Å²) in [6, 6.07) is 9.87. The highest BCUT2D eigenvalue weighted by atomic mass is 35.5. The van der Waals surface area contributed by atoms with Crippen LogP contribution in [0.25, 0.3) is 22.2 Å². The van der Waals surface area contributed by atoms with Crippen LogP contribution < -0.4 is 19.6 Å². The average Bonchev–Trinajstić information content (AvgIpc) is 3.35. The first-order chi connectivity index (χ1) is 16.9. The van der Waals surface area contributed by atoms with Crippen LogP contribution >= 0.6 is 24.8 Å². The van der Waals surface area contributed by atoms with E-state index in [-0.39, 0.29) is 54.2 Å². The SMILES string of the molecule is COc1cc(-c2cc3cc(CNCC(C)(C)CN(C)C)ccc3[nH]2)c2c(c1OS(C)(=O)=O)CNC2=O.Cl.Cl. The summed E-state index contributed by atoms with van der Waals surface area (Å²) >= 11 is 0. The molecule has 1 aliphatic rings. The fourth-order valence-electron chi connectivity index (χ4n) is 4.88. The fraction of sp³-hybridized carbons (Fsp3) is 0.423. The molecule has 2 aromatic carbocycles. The van der Waals surface area contributed by atoms with Gasteiger partial charge in [0.2, 0.25) is 0 Å². The maximum absolute atomic E-state index is 12.7. The van der Waals surface area contributed by atoms with Crippen molar-refractivity contribution in [3.63, 3.8) is 0 Å². The van der Waals surface area contributed by atoms with Gasteiger partial charge in [-0.05, 0) is 49.3 Å². The van der Waals surface area contributed by atoms with Gasteiger partial charge in [0.15, 0.2) is 11.5 Å². The second-order valence-corrected chi connectivity index (χ2v) is 12.0. The Labute approximate surface area is 236 Å². The third-order valence-corrected chi connectivity index (χ3v) is 6.57. The summed E-state index contributed by atoms with van der Waals surface area (Å²) in [6.07, 6.45) is 0.963. The van der Waals surface area contributed by atoms with Gasteiger partial charge in [-0.25, -0.2) is 0 Å². The van der Waals surface area contributed by atoms with E-state index in [9.17, 15) is 13.2 Å². The Hall–Kier alpha value is -2.50. The van der Waals surface area contributed by atoms with Crippen molar-refractivity contribution in [3.05, 3.63) is 47.0 Å². The second-order valence-electron chi connectivity index (χ2n) is 10.4. The van der Waals surface area contributed by atoms with Gasteiger partial charge in [0.05, 0.1) is 18.9 Å². The zero-order chi connectivity index (χ0) is 26.3. The third kappa shape index (κ3) is 7.12. The predicted octanol–water partition coefficient (Wildman–Crippen LogP) is 3.95. The molecule has 1 amide bonds. The Balaban J connectivity index is 0.00000253. The molecule has 2 heterocycles. The average molecular weight is 588 g/mol. The van der Waals surface area contributed by atoms with Crippen LogP contribution in [0.2, 0.25) is 0 Å². The molecule has 0 unspecified atom stereocenters. The van der Waals surface area contributed by atoms with E-state index in [4.69, 9.17) is 8.92 Å². The fourth-order valence-corrected chi connectivity index (χ4v) is 5.37. The number of hydrogen-bond donors (Lipinski definition) is 3. The van der Waals surface area contributed by atoms with Crippen molar-refractivity contribution in [1.82, 2.24) is 20.5 Å². The highest BCUT2D eigenvalue weighted by Crippen LogP contribution is 2.43. The number of carbonyl (C=O) groups excluding carboxylic acids is 1. The molecule has 0 saturated carbocycles. The molecule has 3 N–H and O–H groups in total. The maximum atomic E-state index is 12.7. The summed E-state index contributed by atoms with van der Waals surface area (Å²) in [5, 5.41) is 7.34. The Kier molecular flexibility index (Phi) is 10.1. The number of fused-ring (bicyclic) bond motifs is 2. The Morgan fingerprint density at radius 3 is 2.47 bits per heavy atom. The maximum Gasteiger partial charge on any atom is 0.306 e. The number of carbonyl (C=O) groups is 1. The van der Waals surface area contributed by atoms with E-state index in [0.29, 0.717) is 16.7 Å². The van der Waals surface area contributed by atoms with Gasteiger partial charge >= 0.3 is 10.1 Å². The van der Waals surface area contributed by atoms with Gasteiger partial charge in [-0.1, -0.05) is 19.9 Å². The Morgan fingerprint density at radius 1 is 1.13 bits per heavy atom. The lowest BCUT2D eigenvalue weighted by atomic mass is 9.93. The van der Waals surface area contributed by atoms with Gasteiger partial charge in [-0.2, -0.15) is 8.42 Å². The van der Waals surface area contributed by atoms with Crippen molar-refractivity contribution in [2.24, 2.45) is 5.41 Å². The van der Waals surface area contributed by atoms with Crippen LogP contribution in [0.15, 0.2) is 30.3 Å². The van der Waals surface area contributed by atoms with Crippen molar-refractivity contribution >= 4 is 51.7 Å². The van der Waals surface area contributed by atoms with Gasteiger partial charge in [-0.15, -0.1) is 24.8 Å². The van der Waals surface area contributed by atoms with E-state index in [1.165, 1.54) is 7.11 Å². The summed E-state index contributed by atoms with van der Waals surface area (Å²) in [7, 11) is 1.80. The minimum Gasteiger partial charge on any atom is -0.493 e. The normalized spacial score (nSPS) is 13.1. The van der Waals surface area contributed by atoms with Crippen molar-refractivity contribution in [2.75, 3.05) is 40.6 Å². The number of hydrogen-bond acceptors (Lipinski definition) is 7. The molecule has 0 fully saturated rings. The lowest BCUT2D eigenvalue weighted by molar-refractivity contribution is 0.0966. The zero-order valence-corrected chi connectivity index (χ0v) is 24.9. The number of nitrogens with one attached hydrogen (secondary N) is 3. The first-order valence-electron chi connectivity index (χ1n) is 11.8. The molecular weight excluding hydrogens is 551 g/mol. The molecule has 12 heteroatoms. The quantitative estimate of drug-likeness (QED) is 0.308. The summed E-state index contributed by atoms with van der Waals surface area (Å²) in [4.78, 5) is 18.3. The topological polar surface area (TPSA) is 113 Å². The van der Waals surface area contributed by atoms with Gasteiger partial charge in [0.25, 0.3) is 5.91 Å². The van der Waals surface area contributed by atoms with E-state index >= 15 is 0 Å². The van der Waals surface area contributed by atoms with Crippen LogP contribution in [0.1, 0.15) is 35.3 Å². The minimum absolute atomic E-state index is 0. The highest BCUT2D eigenvalue weighted by molar-refractivity contribution is 7.86. The van der Waals surface area contributed by atoms with E-state index in [2.05, 4.69) is 60.6 Å². The monoisotopic (exact) mass is 586 g/mol. The second kappa shape index (κ2) is 12.1. The number of benzene rings is 2. The number of halogens is 2. The molecule has 0 atom stereocenters. The number of methoxy groups -OCH3 is 1. The number of ether oxygens (including phenoxy) is 1. The molecule has 0 aliphatic carbocycles. The number of nitrogens with zero attached hydrogens (tertiary/aromatic N) is 1. The summed E-state index contributed by atoms with van der Waals surface area (Å²) in [6.45, 7) is 7.29. The van der Waals surface area contributed by atoms with Gasteiger partial charge in [0, 0.05) is 53.9 Å². The molecule has 38 heavy (non-hydrogen) atoms. The summed E-state index contributed by atoms with van der Waals surface area (Å²) < 4.78 is 34.3. The number of H-pyrrole nitrogens is 1. The predicted molar refractivity (Wildman–Crippen MR) is 155 cm³/mol. The molecule has 9 nitrogen and oxygen atoms in total. The third-order valence-electron chi connectivity index (χ3n) is 6.10. The molecule has 0 bridgehead atoms. The van der Waals surface area contributed by atoms with Gasteiger partial charge in [0.1, 0.15) is 0 Å². The van der Waals surface area contributed by atoms with Crippen LogP contribution in [-0.4, -0.2) is 64.8 Å². The molecule has 210 valence electrons. The van der Waals surface area contributed by atoms with Crippen LogP contribution in [0.4, 0.5) is 0 Å². The molecular formula is C26H36Cl2N4O5S. The highest BCUT2D eigenvalue weighted by Gasteiger charge is 2.32. The summed E-state index contributed by atoms with van der Waals surface area (Å²) in [5.41, 5.74) is 4.45. The lowest BCUT2D eigenvalue weighted by Crippen LogP contribution is -2.37. The first kappa shape index (κ1) is 31.7. The number of aromatic nitrogens is 1. The molecule has 0 saturated heterocycles. The number of rotatable bonds is 10.